The summed E-state index contributed by atoms with van der Waals surface area (Å²) in [6, 6.07) is 11.0. The molecule has 4 heteroatoms. The summed E-state index contributed by atoms with van der Waals surface area (Å²) in [4.78, 5) is 15.6. The van der Waals surface area contributed by atoms with Gasteiger partial charge in [-0.25, -0.2) is 4.79 Å². The molecule has 1 aliphatic heterocycles. The number of benzene rings is 1. The Morgan fingerprint density at radius 1 is 1.24 bits per heavy atom. The van der Waals surface area contributed by atoms with Gasteiger partial charge in [0.05, 0.1) is 5.56 Å². The van der Waals surface area contributed by atoms with Crippen molar-refractivity contribution in [2.75, 3.05) is 13.1 Å². The van der Waals surface area contributed by atoms with Crippen molar-refractivity contribution in [3.63, 3.8) is 0 Å². The van der Waals surface area contributed by atoms with E-state index in [-0.39, 0.29) is 0 Å². The highest BCUT2D eigenvalue weighted by molar-refractivity contribution is 5.89. The van der Waals surface area contributed by atoms with Gasteiger partial charge in [0, 0.05) is 29.9 Å². The molecule has 0 aliphatic carbocycles. The van der Waals surface area contributed by atoms with Gasteiger partial charge in [-0.05, 0) is 43.1 Å². The lowest BCUT2D eigenvalue weighted by molar-refractivity contribution is 0.0697. The van der Waals surface area contributed by atoms with E-state index in [4.69, 9.17) is 5.11 Å². The molecule has 2 N–H and O–H groups in total. The third kappa shape index (κ3) is 3.11. The molecule has 0 saturated carbocycles. The Morgan fingerprint density at radius 2 is 2.14 bits per heavy atom. The molecule has 3 rings (SSSR count). The molecule has 2 heterocycles. The van der Waals surface area contributed by atoms with Gasteiger partial charge in [0.25, 0.3) is 0 Å². The van der Waals surface area contributed by atoms with Crippen molar-refractivity contribution in [1.29, 1.82) is 0 Å². The molecule has 1 atom stereocenters. The van der Waals surface area contributed by atoms with Crippen LogP contribution < -0.4 is 5.32 Å². The van der Waals surface area contributed by atoms with Gasteiger partial charge in [0.2, 0.25) is 0 Å². The number of carboxylic acids is 1. The molecular weight excluding hydrogens is 264 g/mol. The molecule has 0 spiro atoms. The summed E-state index contributed by atoms with van der Waals surface area (Å²) < 4.78 is 0. The number of hydrogen-bond donors (Lipinski definition) is 2. The predicted octanol–water partition coefficient (Wildman–Crippen LogP) is 2.91. The van der Waals surface area contributed by atoms with Crippen LogP contribution >= 0.6 is 0 Å². The van der Waals surface area contributed by atoms with Crippen molar-refractivity contribution in [3.05, 3.63) is 53.9 Å². The third-order valence-corrected chi connectivity index (χ3v) is 3.94. The molecule has 1 saturated heterocycles. The highest BCUT2D eigenvalue weighted by atomic mass is 16.4. The van der Waals surface area contributed by atoms with Crippen molar-refractivity contribution in [3.8, 4) is 11.1 Å². The molecular formula is C17H18N2O2. The number of aromatic nitrogens is 1. The van der Waals surface area contributed by atoms with E-state index in [9.17, 15) is 4.79 Å². The highest BCUT2D eigenvalue weighted by Gasteiger charge is 2.16. The zero-order valence-corrected chi connectivity index (χ0v) is 11.7. The normalized spacial score (nSPS) is 18.4. The molecule has 0 radical (unpaired) electrons. The lowest BCUT2D eigenvalue weighted by Gasteiger charge is -2.22. The van der Waals surface area contributed by atoms with Crippen LogP contribution in [0.3, 0.4) is 0 Å². The molecule has 1 unspecified atom stereocenters. The van der Waals surface area contributed by atoms with E-state index in [1.165, 1.54) is 12.8 Å². The molecule has 108 valence electrons. The van der Waals surface area contributed by atoms with Crippen LogP contribution in [0.15, 0.2) is 42.6 Å². The Balaban J connectivity index is 1.83. The maximum absolute atomic E-state index is 11.0. The van der Waals surface area contributed by atoms with Crippen LogP contribution in [0.1, 0.15) is 34.8 Å². The zero-order chi connectivity index (χ0) is 14.7. The summed E-state index contributed by atoms with van der Waals surface area (Å²) in [6.07, 6.45) is 4.20. The minimum absolute atomic E-state index is 0.299. The van der Waals surface area contributed by atoms with Crippen LogP contribution in [0.25, 0.3) is 11.1 Å². The lowest BCUT2D eigenvalue weighted by atomic mass is 9.95. The maximum Gasteiger partial charge on any atom is 0.335 e. The second-order valence-electron chi connectivity index (χ2n) is 5.40. The molecule has 0 bridgehead atoms. The number of piperidine rings is 1. The van der Waals surface area contributed by atoms with Crippen LogP contribution in [0.2, 0.25) is 0 Å². The van der Waals surface area contributed by atoms with Crippen LogP contribution in [-0.2, 0) is 0 Å². The average molecular weight is 282 g/mol. The summed E-state index contributed by atoms with van der Waals surface area (Å²) in [5.74, 6) is -0.423. The number of nitrogens with zero attached hydrogens (tertiary/aromatic N) is 1. The van der Waals surface area contributed by atoms with Gasteiger partial charge >= 0.3 is 5.97 Å². The molecule has 1 aromatic carbocycles. The second-order valence-corrected chi connectivity index (χ2v) is 5.40. The number of hydrogen-bond acceptors (Lipinski definition) is 3. The van der Waals surface area contributed by atoms with E-state index in [1.54, 1.807) is 18.2 Å². The van der Waals surface area contributed by atoms with E-state index >= 15 is 0 Å². The summed E-state index contributed by atoms with van der Waals surface area (Å²) in [5.41, 5.74) is 3.25. The SMILES string of the molecule is O=C(O)c1cccc(-c2ccc(C3CCCNC3)nc2)c1. The van der Waals surface area contributed by atoms with Crippen LogP contribution in [0.4, 0.5) is 0 Å². The maximum atomic E-state index is 11.0. The van der Waals surface area contributed by atoms with Gasteiger partial charge in [-0.2, -0.15) is 0 Å². The minimum atomic E-state index is -0.908. The smallest absolute Gasteiger partial charge is 0.335 e. The number of aromatic carboxylic acids is 1. The Labute approximate surface area is 123 Å². The Kier molecular flexibility index (Phi) is 3.97. The number of pyridine rings is 1. The Hall–Kier alpha value is -2.20. The fourth-order valence-corrected chi connectivity index (χ4v) is 2.75. The number of nitrogens with one attached hydrogen (secondary N) is 1. The first kappa shape index (κ1) is 13.8. The fraction of sp³-hybridized carbons (Fsp3) is 0.294. The van der Waals surface area contributed by atoms with Crippen molar-refractivity contribution < 1.29 is 9.90 Å². The number of rotatable bonds is 3. The summed E-state index contributed by atoms with van der Waals surface area (Å²) in [5, 5.41) is 12.4. The predicted molar refractivity (Wildman–Crippen MR) is 81.5 cm³/mol. The monoisotopic (exact) mass is 282 g/mol. The quantitative estimate of drug-likeness (QED) is 0.908. The van der Waals surface area contributed by atoms with E-state index in [0.717, 1.165) is 29.9 Å². The zero-order valence-electron chi connectivity index (χ0n) is 11.7. The average Bonchev–Trinajstić information content (AvgIpc) is 2.56. The molecule has 2 aromatic rings. The van der Waals surface area contributed by atoms with Gasteiger partial charge in [-0.15, -0.1) is 0 Å². The number of carbonyl (C=O) groups is 1. The largest absolute Gasteiger partial charge is 0.478 e. The summed E-state index contributed by atoms with van der Waals surface area (Å²) >= 11 is 0. The van der Waals surface area contributed by atoms with E-state index in [1.807, 2.05) is 18.3 Å². The van der Waals surface area contributed by atoms with Gasteiger partial charge in [-0.3, -0.25) is 4.98 Å². The summed E-state index contributed by atoms with van der Waals surface area (Å²) in [6.45, 7) is 2.08. The van der Waals surface area contributed by atoms with E-state index in [0.29, 0.717) is 11.5 Å². The minimum Gasteiger partial charge on any atom is -0.478 e. The Morgan fingerprint density at radius 3 is 2.81 bits per heavy atom. The van der Waals surface area contributed by atoms with E-state index in [2.05, 4.69) is 16.4 Å². The Bertz CT molecular complexity index is 631. The first-order valence-electron chi connectivity index (χ1n) is 7.24. The first-order chi connectivity index (χ1) is 10.2. The second kappa shape index (κ2) is 6.06. The highest BCUT2D eigenvalue weighted by Crippen LogP contribution is 2.25. The summed E-state index contributed by atoms with van der Waals surface area (Å²) in [7, 11) is 0. The van der Waals surface area contributed by atoms with Gasteiger partial charge in [-0.1, -0.05) is 18.2 Å². The van der Waals surface area contributed by atoms with Crippen molar-refractivity contribution >= 4 is 5.97 Å². The fourth-order valence-electron chi connectivity index (χ4n) is 2.75. The standard InChI is InChI=1S/C17H18N2O2/c20-17(21)13-4-1-3-12(9-13)14-6-7-16(19-11-14)15-5-2-8-18-10-15/h1,3-4,6-7,9,11,15,18H,2,5,8,10H2,(H,20,21). The molecule has 1 aliphatic rings. The molecule has 1 fully saturated rings. The van der Waals surface area contributed by atoms with Crippen molar-refractivity contribution in [2.45, 2.75) is 18.8 Å². The topological polar surface area (TPSA) is 62.2 Å². The molecule has 4 nitrogen and oxygen atoms in total. The lowest BCUT2D eigenvalue weighted by Crippen LogP contribution is -2.28. The van der Waals surface area contributed by atoms with Crippen LogP contribution in [-0.4, -0.2) is 29.1 Å². The van der Waals surface area contributed by atoms with Crippen molar-refractivity contribution in [1.82, 2.24) is 10.3 Å². The van der Waals surface area contributed by atoms with Crippen LogP contribution in [0, 0.1) is 0 Å². The molecule has 1 aromatic heterocycles. The van der Waals surface area contributed by atoms with Gasteiger partial charge in [0.15, 0.2) is 0 Å². The first-order valence-corrected chi connectivity index (χ1v) is 7.24. The molecule has 0 amide bonds. The van der Waals surface area contributed by atoms with Gasteiger partial charge < -0.3 is 10.4 Å². The third-order valence-electron chi connectivity index (χ3n) is 3.94. The van der Waals surface area contributed by atoms with Gasteiger partial charge in [0.1, 0.15) is 0 Å². The molecule has 21 heavy (non-hydrogen) atoms. The number of carboxylic acid groups (broad SMARTS) is 1. The van der Waals surface area contributed by atoms with E-state index < -0.39 is 5.97 Å². The van der Waals surface area contributed by atoms with Crippen LogP contribution in [0.5, 0.6) is 0 Å². The van der Waals surface area contributed by atoms with Crippen molar-refractivity contribution in [2.24, 2.45) is 0 Å².